The second-order valence-electron chi connectivity index (χ2n) is 19.0. The molecule has 0 aromatic rings. The summed E-state index contributed by atoms with van der Waals surface area (Å²) in [6.07, 6.45) is 36.8. The van der Waals surface area contributed by atoms with Crippen LogP contribution in [-0.4, -0.2) is 12.1 Å². The number of hydrogen-bond donors (Lipinski definition) is 0. The number of ether oxygens (including phenoxy) is 1. The molecule has 2 unspecified atom stereocenters. The van der Waals surface area contributed by atoms with Crippen molar-refractivity contribution in [2.24, 2.45) is 52.3 Å². The Kier molecular flexibility index (Phi) is 16.4. The van der Waals surface area contributed by atoms with Crippen molar-refractivity contribution in [3.8, 4) is 0 Å². The fraction of sp³-hybridized carbons (Fsp3) is 0.935. The highest BCUT2D eigenvalue weighted by Crippen LogP contribution is 2.67. The van der Waals surface area contributed by atoms with Crippen LogP contribution in [0.25, 0.3) is 0 Å². The summed E-state index contributed by atoms with van der Waals surface area (Å²) >= 11 is 0. The van der Waals surface area contributed by atoms with Gasteiger partial charge >= 0.3 is 5.97 Å². The van der Waals surface area contributed by atoms with Crippen molar-refractivity contribution in [3.63, 3.8) is 0 Å². The van der Waals surface area contributed by atoms with E-state index in [4.69, 9.17) is 4.74 Å². The quantitative estimate of drug-likeness (QED) is 0.0653. The summed E-state index contributed by atoms with van der Waals surface area (Å²) in [5, 5.41) is 0. The lowest BCUT2D eigenvalue weighted by Gasteiger charge is -2.58. The maximum atomic E-state index is 12.9. The molecular weight excluding hydrogens is 585 g/mol. The molecule has 3 saturated carbocycles. The fourth-order valence-electron chi connectivity index (χ4n) is 11.9. The van der Waals surface area contributed by atoms with E-state index in [9.17, 15) is 4.79 Å². The number of carbonyl (C=O) groups is 1. The lowest BCUT2D eigenvalue weighted by molar-refractivity contribution is -0.151. The highest BCUT2D eigenvalue weighted by molar-refractivity contribution is 5.69. The van der Waals surface area contributed by atoms with Crippen molar-refractivity contribution < 1.29 is 9.53 Å². The van der Waals surface area contributed by atoms with E-state index in [0.29, 0.717) is 17.3 Å². The first-order valence-electron chi connectivity index (χ1n) is 22.0. The topological polar surface area (TPSA) is 26.3 Å². The monoisotopic (exact) mass is 667 g/mol. The fourth-order valence-corrected chi connectivity index (χ4v) is 11.9. The summed E-state index contributed by atoms with van der Waals surface area (Å²) < 4.78 is 6.15. The summed E-state index contributed by atoms with van der Waals surface area (Å²) in [5.74, 6) is 6.23. The zero-order valence-electron chi connectivity index (χ0n) is 33.4. The number of carbonyl (C=O) groups excluding carboxylic acids is 1. The molecule has 0 aromatic heterocycles. The Morgan fingerprint density at radius 3 is 2.10 bits per heavy atom. The molecule has 0 radical (unpaired) electrons. The van der Waals surface area contributed by atoms with Gasteiger partial charge < -0.3 is 4.74 Å². The van der Waals surface area contributed by atoms with Crippen LogP contribution in [0.15, 0.2) is 11.6 Å². The van der Waals surface area contributed by atoms with Gasteiger partial charge in [-0.25, -0.2) is 0 Å². The van der Waals surface area contributed by atoms with E-state index in [1.807, 2.05) is 0 Å². The summed E-state index contributed by atoms with van der Waals surface area (Å²) in [4.78, 5) is 12.9. The molecule has 9 atom stereocenters. The summed E-state index contributed by atoms with van der Waals surface area (Å²) in [6, 6.07) is 0. The lowest BCUT2D eigenvalue weighted by Crippen LogP contribution is -2.51. The normalized spacial score (nSPS) is 32.7. The van der Waals surface area contributed by atoms with Gasteiger partial charge in [0, 0.05) is 12.8 Å². The molecule has 0 saturated heterocycles. The highest BCUT2D eigenvalue weighted by atomic mass is 16.5. The Balaban J connectivity index is 1.11. The molecule has 4 rings (SSSR count). The van der Waals surface area contributed by atoms with Gasteiger partial charge in [0.2, 0.25) is 0 Å². The van der Waals surface area contributed by atoms with Gasteiger partial charge in [0.15, 0.2) is 0 Å². The maximum Gasteiger partial charge on any atom is 0.306 e. The summed E-state index contributed by atoms with van der Waals surface area (Å²) in [6.45, 7) is 17.4. The summed E-state index contributed by atoms with van der Waals surface area (Å²) in [7, 11) is 0. The van der Waals surface area contributed by atoms with Gasteiger partial charge in [-0.2, -0.15) is 0 Å². The second-order valence-corrected chi connectivity index (χ2v) is 19.0. The molecule has 4 aliphatic rings. The van der Waals surface area contributed by atoms with Crippen LogP contribution in [0.5, 0.6) is 0 Å². The number of rotatable bonds is 22. The predicted molar refractivity (Wildman–Crippen MR) is 207 cm³/mol. The van der Waals surface area contributed by atoms with Crippen LogP contribution in [0.2, 0.25) is 0 Å². The van der Waals surface area contributed by atoms with Crippen LogP contribution in [0.4, 0.5) is 0 Å². The standard InChI is InChI=1S/C46H82O2/c1-8-9-10-11-14-17-22-36(4)23-18-15-12-13-16-19-25-44(47)48-39-30-32-45(6)38(34-39)26-27-40-42-29-28-41(37(5)24-20-21-35(2)3)46(42,7)33-31-43(40)45/h26,35-37,39-43H,8-25,27-34H2,1-7H3/t36?,37?,39-,40-,41+,42-,43-,45-,46+/m0/s1. The molecule has 0 N–H and O–H groups in total. The van der Waals surface area contributed by atoms with Crippen molar-refractivity contribution in [2.45, 2.75) is 222 Å². The van der Waals surface area contributed by atoms with E-state index in [0.717, 1.165) is 60.7 Å². The van der Waals surface area contributed by atoms with E-state index in [-0.39, 0.29) is 12.1 Å². The minimum Gasteiger partial charge on any atom is -0.462 e. The number of hydrogen-bond acceptors (Lipinski definition) is 2. The molecule has 0 bridgehead atoms. The first-order chi connectivity index (χ1) is 23.1. The number of fused-ring (bicyclic) bond motifs is 5. The molecule has 3 fully saturated rings. The van der Waals surface area contributed by atoms with Gasteiger partial charge in [0.25, 0.3) is 0 Å². The molecule has 4 aliphatic carbocycles. The molecule has 0 heterocycles. The molecule has 0 aliphatic heterocycles. The third-order valence-electron chi connectivity index (χ3n) is 14.9. The first-order valence-corrected chi connectivity index (χ1v) is 22.0. The van der Waals surface area contributed by atoms with Gasteiger partial charge in [0.1, 0.15) is 6.10 Å². The lowest BCUT2D eigenvalue weighted by atomic mass is 9.47. The minimum atomic E-state index is 0.0642. The van der Waals surface area contributed by atoms with E-state index < -0.39 is 0 Å². The maximum absolute atomic E-state index is 12.9. The van der Waals surface area contributed by atoms with Gasteiger partial charge in [-0.15, -0.1) is 0 Å². The van der Waals surface area contributed by atoms with Gasteiger partial charge in [-0.05, 0) is 104 Å². The van der Waals surface area contributed by atoms with Crippen molar-refractivity contribution >= 4 is 5.97 Å². The molecule has 0 aromatic carbocycles. The zero-order valence-corrected chi connectivity index (χ0v) is 33.4. The molecular formula is C46H82O2. The number of allylic oxidation sites excluding steroid dienone is 1. The number of unbranched alkanes of at least 4 members (excludes halogenated alkanes) is 10. The second kappa shape index (κ2) is 19.7. The Hall–Kier alpha value is -0.790. The minimum absolute atomic E-state index is 0.0642. The molecule has 0 spiro atoms. The van der Waals surface area contributed by atoms with Gasteiger partial charge in [-0.1, -0.05) is 163 Å². The van der Waals surface area contributed by atoms with E-state index in [2.05, 4.69) is 54.5 Å². The highest BCUT2D eigenvalue weighted by Gasteiger charge is 2.59. The zero-order chi connectivity index (χ0) is 34.6. The summed E-state index contributed by atoms with van der Waals surface area (Å²) in [5.41, 5.74) is 2.53. The van der Waals surface area contributed by atoms with Crippen molar-refractivity contribution in [1.29, 1.82) is 0 Å². The van der Waals surface area contributed by atoms with E-state index in [1.165, 1.54) is 141 Å². The van der Waals surface area contributed by atoms with Crippen LogP contribution in [-0.2, 0) is 9.53 Å². The Morgan fingerprint density at radius 2 is 1.42 bits per heavy atom. The Morgan fingerprint density at radius 1 is 0.750 bits per heavy atom. The third kappa shape index (κ3) is 10.9. The van der Waals surface area contributed by atoms with E-state index in [1.54, 1.807) is 5.57 Å². The smallest absolute Gasteiger partial charge is 0.306 e. The van der Waals surface area contributed by atoms with Gasteiger partial charge in [-0.3, -0.25) is 4.79 Å². The van der Waals surface area contributed by atoms with Gasteiger partial charge in [0.05, 0.1) is 0 Å². The van der Waals surface area contributed by atoms with Crippen molar-refractivity contribution in [1.82, 2.24) is 0 Å². The van der Waals surface area contributed by atoms with Crippen LogP contribution in [0.3, 0.4) is 0 Å². The van der Waals surface area contributed by atoms with Crippen LogP contribution < -0.4 is 0 Å². The molecule has 2 heteroatoms. The average molecular weight is 667 g/mol. The molecule has 2 nitrogen and oxygen atoms in total. The molecule has 48 heavy (non-hydrogen) atoms. The third-order valence-corrected chi connectivity index (χ3v) is 14.9. The van der Waals surface area contributed by atoms with Crippen molar-refractivity contribution in [2.75, 3.05) is 0 Å². The first kappa shape index (κ1) is 40.0. The number of esters is 1. The van der Waals surface area contributed by atoms with Crippen molar-refractivity contribution in [3.05, 3.63) is 11.6 Å². The average Bonchev–Trinajstić information content (AvgIpc) is 3.41. The SMILES string of the molecule is CCCCCCCCC(C)CCCCCCCCC(=O)O[C@H]1CC[C@@]2(C)C(=CC[C@H]3[C@@H]4CC[C@H](C(C)CCCC(C)C)[C@@]4(C)CC[C@@H]32)C1. The largest absolute Gasteiger partial charge is 0.462 e. The predicted octanol–water partition coefficient (Wildman–Crippen LogP) is 14.4. The Bertz CT molecular complexity index is 965. The van der Waals surface area contributed by atoms with Crippen LogP contribution >= 0.6 is 0 Å². The molecule has 0 amide bonds. The Labute approximate surface area is 300 Å². The van der Waals surface area contributed by atoms with E-state index >= 15 is 0 Å². The molecule has 278 valence electrons. The van der Waals surface area contributed by atoms with Crippen LogP contribution in [0.1, 0.15) is 215 Å². The van der Waals surface area contributed by atoms with Crippen LogP contribution in [0, 0.1) is 52.3 Å².